The number of methoxy groups -OCH3 is 1. The van der Waals surface area contributed by atoms with Crippen LogP contribution in [0.3, 0.4) is 0 Å². The van der Waals surface area contributed by atoms with Crippen molar-refractivity contribution in [3.63, 3.8) is 0 Å². The standard InChI is InChI=1S/C18H19NO2/c1-13-3-6-15-10-17(21-18(15)9-13)12-19-11-14-4-7-16(20-2)8-5-14/h3-10,19H,11-12H2,1-2H3. The van der Waals surface area contributed by atoms with E-state index in [0.29, 0.717) is 0 Å². The van der Waals surface area contributed by atoms with Crippen molar-refractivity contribution < 1.29 is 9.15 Å². The van der Waals surface area contributed by atoms with Gasteiger partial charge < -0.3 is 14.5 Å². The normalized spacial score (nSPS) is 11.0. The molecule has 0 spiro atoms. The molecule has 1 aromatic heterocycles. The maximum atomic E-state index is 5.84. The van der Waals surface area contributed by atoms with Crippen LogP contribution in [0.25, 0.3) is 11.0 Å². The van der Waals surface area contributed by atoms with Crippen molar-refractivity contribution in [3.05, 3.63) is 65.4 Å². The molecule has 1 heterocycles. The molecule has 3 nitrogen and oxygen atoms in total. The molecule has 108 valence electrons. The van der Waals surface area contributed by atoms with Crippen LogP contribution >= 0.6 is 0 Å². The van der Waals surface area contributed by atoms with Crippen LogP contribution < -0.4 is 10.1 Å². The van der Waals surface area contributed by atoms with Gasteiger partial charge in [0, 0.05) is 11.9 Å². The zero-order valence-electron chi connectivity index (χ0n) is 12.3. The van der Waals surface area contributed by atoms with E-state index in [1.807, 2.05) is 12.1 Å². The molecule has 0 aliphatic carbocycles. The van der Waals surface area contributed by atoms with E-state index in [1.54, 1.807) is 7.11 Å². The Morgan fingerprint density at radius 3 is 2.57 bits per heavy atom. The first-order valence-electron chi connectivity index (χ1n) is 7.07. The highest BCUT2D eigenvalue weighted by atomic mass is 16.5. The highest BCUT2D eigenvalue weighted by Gasteiger charge is 2.03. The van der Waals surface area contributed by atoms with Crippen LogP contribution in [0.1, 0.15) is 16.9 Å². The van der Waals surface area contributed by atoms with Crippen molar-refractivity contribution in [1.82, 2.24) is 5.32 Å². The summed E-state index contributed by atoms with van der Waals surface area (Å²) in [5.41, 5.74) is 3.40. The van der Waals surface area contributed by atoms with Crippen molar-refractivity contribution in [3.8, 4) is 5.75 Å². The molecule has 21 heavy (non-hydrogen) atoms. The molecule has 0 unspecified atom stereocenters. The molecule has 0 aliphatic rings. The fraction of sp³-hybridized carbons (Fsp3) is 0.222. The predicted octanol–water partition coefficient (Wildman–Crippen LogP) is 4.04. The highest BCUT2D eigenvalue weighted by molar-refractivity contribution is 5.78. The maximum absolute atomic E-state index is 5.84. The quantitative estimate of drug-likeness (QED) is 0.766. The SMILES string of the molecule is COc1ccc(CNCc2cc3ccc(C)cc3o2)cc1. The fourth-order valence-corrected chi connectivity index (χ4v) is 2.35. The van der Waals surface area contributed by atoms with Gasteiger partial charge >= 0.3 is 0 Å². The van der Waals surface area contributed by atoms with E-state index < -0.39 is 0 Å². The third-order valence-electron chi connectivity index (χ3n) is 3.51. The van der Waals surface area contributed by atoms with Gasteiger partial charge in [-0.25, -0.2) is 0 Å². The number of nitrogens with one attached hydrogen (secondary N) is 1. The summed E-state index contributed by atoms with van der Waals surface area (Å²) in [6.07, 6.45) is 0. The summed E-state index contributed by atoms with van der Waals surface area (Å²) < 4.78 is 11.0. The van der Waals surface area contributed by atoms with Crippen LogP contribution in [0, 0.1) is 6.92 Å². The number of hydrogen-bond donors (Lipinski definition) is 1. The molecule has 0 radical (unpaired) electrons. The van der Waals surface area contributed by atoms with Crippen molar-refractivity contribution in [2.45, 2.75) is 20.0 Å². The van der Waals surface area contributed by atoms with Crippen LogP contribution in [0.15, 0.2) is 52.9 Å². The molecular formula is C18H19NO2. The van der Waals surface area contributed by atoms with Gasteiger partial charge in [0.15, 0.2) is 0 Å². The summed E-state index contributed by atoms with van der Waals surface area (Å²) >= 11 is 0. The number of fused-ring (bicyclic) bond motifs is 1. The summed E-state index contributed by atoms with van der Waals surface area (Å²) in [4.78, 5) is 0. The highest BCUT2D eigenvalue weighted by Crippen LogP contribution is 2.20. The summed E-state index contributed by atoms with van der Waals surface area (Å²) in [6.45, 7) is 3.60. The molecule has 0 amide bonds. The minimum atomic E-state index is 0.722. The Labute approximate surface area is 124 Å². The first-order chi connectivity index (χ1) is 10.2. The van der Waals surface area contributed by atoms with Crippen molar-refractivity contribution in [2.75, 3.05) is 7.11 Å². The molecule has 1 N–H and O–H groups in total. The van der Waals surface area contributed by atoms with Gasteiger partial charge in [0.05, 0.1) is 13.7 Å². The van der Waals surface area contributed by atoms with E-state index in [9.17, 15) is 0 Å². The Kier molecular flexibility index (Phi) is 3.93. The minimum absolute atomic E-state index is 0.722. The topological polar surface area (TPSA) is 34.4 Å². The maximum Gasteiger partial charge on any atom is 0.134 e. The van der Waals surface area contributed by atoms with Crippen molar-refractivity contribution >= 4 is 11.0 Å². The van der Waals surface area contributed by atoms with Gasteiger partial charge in [0.1, 0.15) is 17.1 Å². The molecule has 0 bridgehead atoms. The molecule has 0 atom stereocenters. The van der Waals surface area contributed by atoms with Crippen molar-refractivity contribution in [1.29, 1.82) is 0 Å². The van der Waals surface area contributed by atoms with Gasteiger partial charge in [0.25, 0.3) is 0 Å². The van der Waals surface area contributed by atoms with Crippen LogP contribution in [0.5, 0.6) is 5.75 Å². The van der Waals surface area contributed by atoms with Gasteiger partial charge in [-0.1, -0.05) is 24.3 Å². The van der Waals surface area contributed by atoms with E-state index in [-0.39, 0.29) is 0 Å². The van der Waals surface area contributed by atoms with Crippen LogP contribution in [-0.4, -0.2) is 7.11 Å². The van der Waals surface area contributed by atoms with Crippen LogP contribution in [0.2, 0.25) is 0 Å². The fourth-order valence-electron chi connectivity index (χ4n) is 2.35. The second-order valence-corrected chi connectivity index (χ2v) is 5.21. The first-order valence-corrected chi connectivity index (χ1v) is 7.07. The Hall–Kier alpha value is -2.26. The summed E-state index contributed by atoms with van der Waals surface area (Å²) in [7, 11) is 1.68. The van der Waals surface area contributed by atoms with Gasteiger partial charge in [0.2, 0.25) is 0 Å². The summed E-state index contributed by atoms with van der Waals surface area (Å²) in [5.74, 6) is 1.84. The van der Waals surface area contributed by atoms with Gasteiger partial charge in [-0.15, -0.1) is 0 Å². The molecule has 0 saturated heterocycles. The lowest BCUT2D eigenvalue weighted by Gasteiger charge is -2.04. The zero-order valence-corrected chi connectivity index (χ0v) is 12.3. The molecule has 0 saturated carbocycles. The Morgan fingerprint density at radius 1 is 1.00 bits per heavy atom. The molecule has 3 heteroatoms. The minimum Gasteiger partial charge on any atom is -0.497 e. The number of aryl methyl sites for hydroxylation is 1. The molecule has 2 aromatic carbocycles. The lowest BCUT2D eigenvalue weighted by molar-refractivity contribution is 0.414. The average molecular weight is 281 g/mol. The second-order valence-electron chi connectivity index (χ2n) is 5.21. The first kappa shape index (κ1) is 13.7. The van der Waals surface area contributed by atoms with Crippen LogP contribution in [-0.2, 0) is 13.1 Å². The Bertz CT molecular complexity index is 729. The average Bonchev–Trinajstić information content (AvgIpc) is 2.89. The molecular weight excluding hydrogens is 262 g/mol. The van der Waals surface area contributed by atoms with E-state index in [4.69, 9.17) is 9.15 Å². The number of ether oxygens (including phenoxy) is 1. The van der Waals surface area contributed by atoms with Gasteiger partial charge in [-0.3, -0.25) is 0 Å². The van der Waals surface area contributed by atoms with E-state index >= 15 is 0 Å². The number of benzene rings is 2. The monoisotopic (exact) mass is 281 g/mol. The molecule has 3 aromatic rings. The lowest BCUT2D eigenvalue weighted by atomic mass is 10.2. The van der Waals surface area contributed by atoms with E-state index in [2.05, 4.69) is 48.6 Å². The third kappa shape index (κ3) is 3.26. The Balaban J connectivity index is 1.60. The van der Waals surface area contributed by atoms with Crippen LogP contribution in [0.4, 0.5) is 0 Å². The number of hydrogen-bond acceptors (Lipinski definition) is 3. The summed E-state index contributed by atoms with van der Waals surface area (Å²) in [5, 5.41) is 4.55. The summed E-state index contributed by atoms with van der Waals surface area (Å²) in [6, 6.07) is 16.4. The van der Waals surface area contributed by atoms with Gasteiger partial charge in [-0.05, 0) is 42.3 Å². The second kappa shape index (κ2) is 6.02. The van der Waals surface area contributed by atoms with E-state index in [0.717, 1.165) is 35.6 Å². The zero-order chi connectivity index (χ0) is 14.7. The predicted molar refractivity (Wildman–Crippen MR) is 84.5 cm³/mol. The molecule has 3 rings (SSSR count). The third-order valence-corrected chi connectivity index (χ3v) is 3.51. The smallest absolute Gasteiger partial charge is 0.134 e. The largest absolute Gasteiger partial charge is 0.497 e. The van der Waals surface area contributed by atoms with Crippen molar-refractivity contribution in [2.24, 2.45) is 0 Å². The number of furan rings is 1. The van der Waals surface area contributed by atoms with Gasteiger partial charge in [-0.2, -0.15) is 0 Å². The molecule has 0 fully saturated rings. The molecule has 0 aliphatic heterocycles. The lowest BCUT2D eigenvalue weighted by Crippen LogP contribution is -2.11. The number of rotatable bonds is 5. The van der Waals surface area contributed by atoms with E-state index in [1.165, 1.54) is 11.1 Å². The Morgan fingerprint density at radius 2 is 1.81 bits per heavy atom.